The molecule has 2 heterocycles. The van der Waals surface area contributed by atoms with Crippen molar-refractivity contribution in [1.29, 1.82) is 0 Å². The molecule has 0 aliphatic rings. The van der Waals surface area contributed by atoms with E-state index in [4.69, 9.17) is 11.6 Å². The molecule has 0 aliphatic carbocycles. The van der Waals surface area contributed by atoms with E-state index in [0.29, 0.717) is 21.9 Å². The van der Waals surface area contributed by atoms with E-state index in [-0.39, 0.29) is 12.3 Å². The van der Waals surface area contributed by atoms with Crippen molar-refractivity contribution < 1.29 is 4.79 Å². The minimum absolute atomic E-state index is 0.153. The summed E-state index contributed by atoms with van der Waals surface area (Å²) in [4.78, 5) is 25.0. The minimum Gasteiger partial charge on any atom is -0.292 e. The lowest BCUT2D eigenvalue weighted by Crippen LogP contribution is -2.26. The maximum Gasteiger partial charge on any atom is 0.367 e. The number of carbonyl (C=O) groups excluding carboxylic acids is 1. The Bertz CT molecular complexity index is 1200. The summed E-state index contributed by atoms with van der Waals surface area (Å²) in [6.45, 7) is -0.153. The predicted octanol–water partition coefficient (Wildman–Crippen LogP) is 3.86. The number of ketones is 1. The highest BCUT2D eigenvalue weighted by Gasteiger charge is 2.14. The fraction of sp³-hybridized carbons (Fsp3) is 0.0526. The summed E-state index contributed by atoms with van der Waals surface area (Å²) in [5, 5.41) is 9.17. The highest BCUT2D eigenvalue weighted by molar-refractivity contribution is 9.10. The number of rotatable bonds is 4. The molecule has 6 nitrogen and oxygen atoms in total. The van der Waals surface area contributed by atoms with Crippen LogP contribution in [0.3, 0.4) is 0 Å². The monoisotopic (exact) mass is 442 g/mol. The molecule has 0 saturated heterocycles. The van der Waals surface area contributed by atoms with Crippen LogP contribution < -0.4 is 5.69 Å². The Labute approximate surface area is 167 Å². The van der Waals surface area contributed by atoms with Gasteiger partial charge in [0, 0.05) is 20.6 Å². The van der Waals surface area contributed by atoms with Crippen molar-refractivity contribution >= 4 is 39.0 Å². The third-order valence-corrected chi connectivity index (χ3v) is 4.82. The van der Waals surface area contributed by atoms with E-state index in [9.17, 15) is 9.59 Å². The zero-order chi connectivity index (χ0) is 19.0. The molecule has 2 aromatic heterocycles. The van der Waals surface area contributed by atoms with Gasteiger partial charge in [-0.05, 0) is 36.4 Å². The van der Waals surface area contributed by atoms with Crippen LogP contribution in [0.15, 0.2) is 69.9 Å². The minimum atomic E-state index is -0.466. The summed E-state index contributed by atoms with van der Waals surface area (Å²) < 4.78 is 3.19. The van der Waals surface area contributed by atoms with Crippen molar-refractivity contribution in [3.63, 3.8) is 0 Å². The molecule has 2 aromatic carbocycles. The van der Waals surface area contributed by atoms with Crippen molar-refractivity contribution in [3.8, 4) is 11.3 Å². The molecule has 0 aliphatic heterocycles. The van der Waals surface area contributed by atoms with Gasteiger partial charge in [-0.3, -0.25) is 4.79 Å². The Balaban J connectivity index is 1.67. The fourth-order valence-corrected chi connectivity index (χ4v) is 3.04. The van der Waals surface area contributed by atoms with Crippen LogP contribution in [0.2, 0.25) is 5.02 Å². The predicted molar refractivity (Wildman–Crippen MR) is 106 cm³/mol. The summed E-state index contributed by atoms with van der Waals surface area (Å²) in [6.07, 6.45) is 0. The van der Waals surface area contributed by atoms with Gasteiger partial charge in [0.15, 0.2) is 11.4 Å². The van der Waals surface area contributed by atoms with Gasteiger partial charge in [-0.1, -0.05) is 51.8 Å². The van der Waals surface area contributed by atoms with Crippen LogP contribution in [-0.4, -0.2) is 25.2 Å². The van der Waals surface area contributed by atoms with Crippen LogP contribution in [0.1, 0.15) is 10.4 Å². The van der Waals surface area contributed by atoms with Gasteiger partial charge in [0.2, 0.25) is 0 Å². The number of nitrogens with zero attached hydrogens (tertiary/aromatic N) is 4. The Morgan fingerprint density at radius 1 is 0.963 bits per heavy atom. The second-order valence-corrected chi connectivity index (χ2v) is 7.22. The Kier molecular flexibility index (Phi) is 4.63. The molecule has 0 saturated carbocycles. The first-order valence-corrected chi connectivity index (χ1v) is 9.20. The van der Waals surface area contributed by atoms with E-state index in [1.165, 1.54) is 4.52 Å². The van der Waals surface area contributed by atoms with Crippen LogP contribution in [0.4, 0.5) is 0 Å². The molecule has 4 rings (SSSR count). The molecule has 0 radical (unpaired) electrons. The van der Waals surface area contributed by atoms with Crippen molar-refractivity contribution in [2.75, 3.05) is 0 Å². The third kappa shape index (κ3) is 3.56. The van der Waals surface area contributed by atoms with Crippen LogP contribution in [0.25, 0.3) is 16.9 Å². The molecule has 0 atom stereocenters. The molecule has 0 bridgehead atoms. The number of hydrogen-bond donors (Lipinski definition) is 0. The number of hydrogen-bond acceptors (Lipinski definition) is 4. The largest absolute Gasteiger partial charge is 0.367 e. The molecular weight excluding hydrogens is 432 g/mol. The van der Waals surface area contributed by atoms with Gasteiger partial charge in [-0.2, -0.15) is 9.61 Å². The van der Waals surface area contributed by atoms with Crippen molar-refractivity contribution in [2.24, 2.45) is 0 Å². The van der Waals surface area contributed by atoms with E-state index in [1.54, 1.807) is 48.5 Å². The second kappa shape index (κ2) is 7.09. The lowest BCUT2D eigenvalue weighted by atomic mass is 10.1. The van der Waals surface area contributed by atoms with E-state index < -0.39 is 5.69 Å². The molecule has 134 valence electrons. The number of Topliss-reactive ketones (excluding diaryl/α,β-unsaturated/α-hetero) is 1. The Hall–Kier alpha value is -2.77. The zero-order valence-electron chi connectivity index (χ0n) is 13.8. The first kappa shape index (κ1) is 17.6. The molecule has 8 heteroatoms. The highest BCUT2D eigenvalue weighted by Crippen LogP contribution is 2.19. The van der Waals surface area contributed by atoms with Gasteiger partial charge in [0.1, 0.15) is 6.54 Å². The number of benzene rings is 2. The van der Waals surface area contributed by atoms with Crippen LogP contribution in [0.5, 0.6) is 0 Å². The molecule has 4 aromatic rings. The maximum absolute atomic E-state index is 12.6. The smallest absolute Gasteiger partial charge is 0.292 e. The summed E-state index contributed by atoms with van der Waals surface area (Å²) >= 11 is 9.24. The number of halogens is 2. The van der Waals surface area contributed by atoms with Crippen LogP contribution in [-0.2, 0) is 6.54 Å². The standard InChI is InChI=1S/C19H12BrClN4O2/c20-14-5-1-13(2-6-14)17(26)11-24-19(27)25-18(23-24)10-9-16(22-25)12-3-7-15(21)8-4-12/h1-10H,11H2. The fourth-order valence-electron chi connectivity index (χ4n) is 2.65. The van der Waals surface area contributed by atoms with Gasteiger partial charge in [-0.25, -0.2) is 9.48 Å². The van der Waals surface area contributed by atoms with Gasteiger partial charge < -0.3 is 0 Å². The summed E-state index contributed by atoms with van der Waals surface area (Å²) in [5.74, 6) is -0.203. The average Bonchev–Trinajstić information content (AvgIpc) is 2.98. The summed E-state index contributed by atoms with van der Waals surface area (Å²) in [6, 6.07) is 17.6. The van der Waals surface area contributed by atoms with E-state index in [2.05, 4.69) is 26.1 Å². The van der Waals surface area contributed by atoms with E-state index in [0.717, 1.165) is 14.7 Å². The Morgan fingerprint density at radius 3 is 2.37 bits per heavy atom. The van der Waals surface area contributed by atoms with Gasteiger partial charge in [0.25, 0.3) is 0 Å². The number of aromatic nitrogens is 4. The van der Waals surface area contributed by atoms with Crippen LogP contribution in [0, 0.1) is 0 Å². The maximum atomic E-state index is 12.6. The van der Waals surface area contributed by atoms with Gasteiger partial charge in [-0.15, -0.1) is 5.10 Å². The average molecular weight is 444 g/mol. The van der Waals surface area contributed by atoms with Crippen molar-refractivity contribution in [3.05, 3.63) is 86.2 Å². The number of fused-ring (bicyclic) bond motifs is 1. The first-order valence-electron chi connectivity index (χ1n) is 8.03. The van der Waals surface area contributed by atoms with Gasteiger partial charge in [0.05, 0.1) is 5.69 Å². The molecule has 0 amide bonds. The van der Waals surface area contributed by atoms with Crippen molar-refractivity contribution in [2.45, 2.75) is 6.54 Å². The quantitative estimate of drug-likeness (QED) is 0.449. The second-order valence-electron chi connectivity index (χ2n) is 5.87. The SMILES string of the molecule is O=C(Cn1nc2ccc(-c3ccc(Cl)cc3)nn2c1=O)c1ccc(Br)cc1. The first-order chi connectivity index (χ1) is 13.0. The molecule has 0 spiro atoms. The zero-order valence-corrected chi connectivity index (χ0v) is 16.2. The lowest BCUT2D eigenvalue weighted by Gasteiger charge is -2.00. The Morgan fingerprint density at radius 2 is 1.67 bits per heavy atom. The van der Waals surface area contributed by atoms with Gasteiger partial charge >= 0.3 is 5.69 Å². The molecule has 27 heavy (non-hydrogen) atoms. The summed E-state index contributed by atoms with van der Waals surface area (Å²) in [5.41, 5.74) is 1.86. The number of carbonyl (C=O) groups is 1. The van der Waals surface area contributed by atoms with Crippen molar-refractivity contribution in [1.82, 2.24) is 19.4 Å². The molecule has 0 N–H and O–H groups in total. The summed E-state index contributed by atoms with van der Waals surface area (Å²) in [7, 11) is 0. The highest BCUT2D eigenvalue weighted by atomic mass is 79.9. The van der Waals surface area contributed by atoms with E-state index >= 15 is 0 Å². The normalized spacial score (nSPS) is 11.0. The lowest BCUT2D eigenvalue weighted by molar-refractivity contribution is 0.0966. The molecule has 0 unspecified atom stereocenters. The third-order valence-electron chi connectivity index (χ3n) is 4.04. The topological polar surface area (TPSA) is 69.3 Å². The molecule has 0 fully saturated rings. The van der Waals surface area contributed by atoms with Crippen LogP contribution >= 0.6 is 27.5 Å². The molecular formula is C19H12BrClN4O2. The van der Waals surface area contributed by atoms with E-state index in [1.807, 2.05) is 12.1 Å².